The Balaban J connectivity index is 1.95. The van der Waals surface area contributed by atoms with Gasteiger partial charge in [0.05, 0.1) is 35.3 Å². The number of benzene rings is 2. The molecule has 0 amide bonds. The Kier molecular flexibility index (Phi) is 4.34. The topological polar surface area (TPSA) is 79.2 Å². The molecule has 2 aromatic carbocycles. The van der Waals surface area contributed by atoms with E-state index in [2.05, 4.69) is 11.5 Å². The van der Waals surface area contributed by atoms with Crippen LogP contribution in [0.15, 0.2) is 48.7 Å². The number of hydrogen-bond acceptors (Lipinski definition) is 4. The molecule has 0 fully saturated rings. The van der Waals surface area contributed by atoms with Crippen LogP contribution in [0.1, 0.15) is 13.8 Å². The van der Waals surface area contributed by atoms with Crippen molar-refractivity contribution in [3.05, 3.63) is 48.7 Å². The lowest BCUT2D eigenvalue weighted by molar-refractivity contribution is 0.415. The Labute approximate surface area is 164 Å². The molecule has 0 saturated carbocycles. The molecule has 2 aromatic heterocycles. The number of anilines is 1. The van der Waals surface area contributed by atoms with E-state index < -0.39 is 10.0 Å². The molecular weight excluding hydrogens is 374 g/mol. The number of fused-ring (bicyclic) bond motifs is 2. The number of aryl methyl sites for hydroxylation is 1. The van der Waals surface area contributed by atoms with Gasteiger partial charge in [0.25, 0.3) is 0 Å². The van der Waals surface area contributed by atoms with Crippen molar-refractivity contribution in [1.29, 1.82) is 0 Å². The Morgan fingerprint density at radius 2 is 1.82 bits per heavy atom. The molecule has 0 saturated heterocycles. The zero-order valence-corrected chi connectivity index (χ0v) is 17.0. The highest BCUT2D eigenvalue weighted by atomic mass is 32.2. The van der Waals surface area contributed by atoms with Gasteiger partial charge in [0, 0.05) is 35.1 Å². The van der Waals surface area contributed by atoms with E-state index in [0.29, 0.717) is 11.2 Å². The third-order valence-corrected chi connectivity index (χ3v) is 6.87. The molecule has 4 aromatic rings. The molecular formula is C21H23N3O3S. The molecule has 0 atom stereocenters. The number of nitrogen functional groups attached to an aromatic ring is 1. The minimum absolute atomic E-state index is 0.0530. The molecule has 146 valence electrons. The first-order chi connectivity index (χ1) is 13.4. The summed E-state index contributed by atoms with van der Waals surface area (Å²) in [5, 5.41) is 1.84. The second kappa shape index (κ2) is 6.60. The molecule has 6 nitrogen and oxygen atoms in total. The molecule has 28 heavy (non-hydrogen) atoms. The van der Waals surface area contributed by atoms with Crippen molar-refractivity contribution >= 4 is 37.5 Å². The molecule has 0 aliphatic heterocycles. The van der Waals surface area contributed by atoms with Crippen LogP contribution in [0.25, 0.3) is 33.1 Å². The predicted molar refractivity (Wildman–Crippen MR) is 114 cm³/mol. The van der Waals surface area contributed by atoms with Crippen molar-refractivity contribution < 1.29 is 13.2 Å². The summed E-state index contributed by atoms with van der Waals surface area (Å²) in [6, 6.07) is 13.5. The summed E-state index contributed by atoms with van der Waals surface area (Å²) >= 11 is 0. The van der Waals surface area contributed by atoms with Crippen LogP contribution in [0.4, 0.5) is 5.69 Å². The molecule has 0 radical (unpaired) electrons. The number of nitrogens with zero attached hydrogens (tertiary/aromatic N) is 2. The zero-order chi connectivity index (χ0) is 20.1. The van der Waals surface area contributed by atoms with Crippen molar-refractivity contribution in [2.75, 3.05) is 18.6 Å². The minimum atomic E-state index is -3.34. The van der Waals surface area contributed by atoms with E-state index in [4.69, 9.17) is 10.5 Å². The zero-order valence-electron chi connectivity index (χ0n) is 16.1. The van der Waals surface area contributed by atoms with Gasteiger partial charge in [-0.2, -0.15) is 0 Å². The molecule has 0 aliphatic carbocycles. The van der Waals surface area contributed by atoms with E-state index in [1.807, 2.05) is 42.5 Å². The van der Waals surface area contributed by atoms with Crippen LogP contribution in [0.5, 0.6) is 5.75 Å². The summed E-state index contributed by atoms with van der Waals surface area (Å²) in [5.41, 5.74) is 10.8. The fourth-order valence-electron chi connectivity index (χ4n) is 3.77. The van der Waals surface area contributed by atoms with E-state index in [1.54, 1.807) is 20.2 Å². The summed E-state index contributed by atoms with van der Waals surface area (Å²) in [5.74, 6) is 0.834. The lowest BCUT2D eigenvalue weighted by Gasteiger charge is -2.10. The lowest BCUT2D eigenvalue weighted by atomic mass is 10.1. The third-order valence-electron chi connectivity index (χ3n) is 5.22. The molecule has 0 bridgehead atoms. The molecule has 2 N–H and O–H groups in total. The molecule has 0 aliphatic rings. The fraction of sp³-hybridized carbons (Fsp3) is 0.238. The molecule has 0 unspecified atom stereocenters. The standard InChI is InChI=1S/C21H23N3O3S/c1-4-23-19-13-16(27-3)7-8-17(19)20(22)21(23)15-6-9-18-14(12-15)10-11-24(18)28(25,26)5-2/h6-13H,4-5,22H2,1-3H3. The third kappa shape index (κ3) is 2.65. The van der Waals surface area contributed by atoms with Crippen LogP contribution in [0.2, 0.25) is 0 Å². The van der Waals surface area contributed by atoms with E-state index in [9.17, 15) is 8.42 Å². The predicted octanol–water partition coefficient (Wildman–Crippen LogP) is 4.07. The Hall–Kier alpha value is -2.93. The molecule has 2 heterocycles. The highest BCUT2D eigenvalue weighted by Crippen LogP contribution is 2.38. The number of aromatic nitrogens is 2. The monoisotopic (exact) mass is 397 g/mol. The summed E-state index contributed by atoms with van der Waals surface area (Å²) < 4.78 is 33.5. The first-order valence-electron chi connectivity index (χ1n) is 9.21. The highest BCUT2D eigenvalue weighted by Gasteiger charge is 2.18. The molecule has 7 heteroatoms. The number of methoxy groups -OCH3 is 1. The maximum Gasteiger partial charge on any atom is 0.238 e. The van der Waals surface area contributed by atoms with Gasteiger partial charge in [0.15, 0.2) is 0 Å². The number of rotatable bonds is 5. The van der Waals surface area contributed by atoms with Crippen LogP contribution < -0.4 is 10.5 Å². The Bertz CT molecular complexity index is 1300. The quantitative estimate of drug-likeness (QED) is 0.550. The van der Waals surface area contributed by atoms with Gasteiger partial charge < -0.3 is 15.0 Å². The smallest absolute Gasteiger partial charge is 0.238 e. The van der Waals surface area contributed by atoms with E-state index in [1.165, 1.54) is 3.97 Å². The maximum absolute atomic E-state index is 12.3. The minimum Gasteiger partial charge on any atom is -0.497 e. The van der Waals surface area contributed by atoms with Crippen molar-refractivity contribution in [2.24, 2.45) is 0 Å². The van der Waals surface area contributed by atoms with Crippen LogP contribution in [-0.2, 0) is 16.6 Å². The van der Waals surface area contributed by atoms with E-state index in [0.717, 1.165) is 39.8 Å². The highest BCUT2D eigenvalue weighted by molar-refractivity contribution is 7.90. The van der Waals surface area contributed by atoms with Gasteiger partial charge in [0.1, 0.15) is 5.75 Å². The SMILES string of the molecule is CCn1c(-c2ccc3c(ccn3S(=O)(=O)CC)c2)c(N)c2ccc(OC)cc21. The fourth-order valence-corrected chi connectivity index (χ4v) is 4.76. The summed E-state index contributed by atoms with van der Waals surface area (Å²) in [4.78, 5) is 0. The number of ether oxygens (including phenoxy) is 1. The van der Waals surface area contributed by atoms with Crippen molar-refractivity contribution in [1.82, 2.24) is 8.54 Å². The van der Waals surface area contributed by atoms with Crippen molar-refractivity contribution in [2.45, 2.75) is 20.4 Å². The summed E-state index contributed by atoms with van der Waals surface area (Å²) in [7, 11) is -1.69. The van der Waals surface area contributed by atoms with Crippen LogP contribution in [0.3, 0.4) is 0 Å². The first kappa shape index (κ1) is 18.4. The second-order valence-electron chi connectivity index (χ2n) is 6.68. The van der Waals surface area contributed by atoms with Crippen molar-refractivity contribution in [3.63, 3.8) is 0 Å². The summed E-state index contributed by atoms with van der Waals surface area (Å²) in [6.07, 6.45) is 1.61. The number of hydrogen-bond donors (Lipinski definition) is 1. The average Bonchev–Trinajstić information content (AvgIpc) is 3.26. The average molecular weight is 398 g/mol. The van der Waals surface area contributed by atoms with E-state index >= 15 is 0 Å². The summed E-state index contributed by atoms with van der Waals surface area (Å²) in [6.45, 7) is 4.47. The van der Waals surface area contributed by atoms with Gasteiger partial charge >= 0.3 is 0 Å². The number of nitrogens with two attached hydrogens (primary N) is 1. The van der Waals surface area contributed by atoms with Crippen molar-refractivity contribution in [3.8, 4) is 17.0 Å². The molecule has 0 spiro atoms. The van der Waals surface area contributed by atoms with Gasteiger partial charge in [0.2, 0.25) is 10.0 Å². The van der Waals surface area contributed by atoms with Gasteiger partial charge in [-0.15, -0.1) is 0 Å². The van der Waals surface area contributed by atoms with Gasteiger partial charge in [-0.1, -0.05) is 6.07 Å². The van der Waals surface area contributed by atoms with E-state index in [-0.39, 0.29) is 5.75 Å². The van der Waals surface area contributed by atoms with Gasteiger partial charge in [-0.25, -0.2) is 12.4 Å². The first-order valence-corrected chi connectivity index (χ1v) is 10.8. The normalized spacial score (nSPS) is 12.1. The van der Waals surface area contributed by atoms with Crippen LogP contribution in [-0.4, -0.2) is 29.8 Å². The maximum atomic E-state index is 12.3. The van der Waals surface area contributed by atoms with Crippen LogP contribution in [0, 0.1) is 0 Å². The van der Waals surface area contributed by atoms with Gasteiger partial charge in [-0.05, 0) is 44.2 Å². The largest absolute Gasteiger partial charge is 0.497 e. The second-order valence-corrected chi connectivity index (χ2v) is 8.81. The Morgan fingerprint density at radius 1 is 1.04 bits per heavy atom. The molecule has 4 rings (SSSR count). The Morgan fingerprint density at radius 3 is 2.50 bits per heavy atom. The van der Waals surface area contributed by atoms with Gasteiger partial charge in [-0.3, -0.25) is 0 Å². The van der Waals surface area contributed by atoms with Crippen LogP contribution >= 0.6 is 0 Å². The lowest BCUT2D eigenvalue weighted by Crippen LogP contribution is -2.13.